The molecule has 1 heteroatoms. The molecule has 1 nitrogen and oxygen atoms in total. The second-order valence-electron chi connectivity index (χ2n) is 3.86. The lowest BCUT2D eigenvalue weighted by Gasteiger charge is -2.18. The van der Waals surface area contributed by atoms with Crippen LogP contribution in [0.4, 0.5) is 0 Å². The summed E-state index contributed by atoms with van der Waals surface area (Å²) in [4.78, 5) is 0. The van der Waals surface area contributed by atoms with Gasteiger partial charge in [0.2, 0.25) is 0 Å². The molecule has 0 radical (unpaired) electrons. The number of nitrogens with one attached hydrogen (secondary N) is 1. The monoisotopic (exact) mass is 159 g/mol. The summed E-state index contributed by atoms with van der Waals surface area (Å²) >= 11 is 0. The average Bonchev–Trinajstić information content (AvgIpc) is 2.62. The predicted molar refractivity (Wildman–Crippen MR) is 49.5 cm³/mol. The van der Waals surface area contributed by atoms with Gasteiger partial charge in [-0.1, -0.05) is 18.2 Å². The van der Waals surface area contributed by atoms with Crippen molar-refractivity contribution in [3.63, 3.8) is 0 Å². The van der Waals surface area contributed by atoms with Gasteiger partial charge in [-0.3, -0.25) is 0 Å². The number of allylic oxidation sites excluding steroid dienone is 6. The molecular weight excluding hydrogens is 146 g/mol. The third-order valence-electron chi connectivity index (χ3n) is 3.23. The molecule has 0 spiro atoms. The minimum Gasteiger partial charge on any atom is -0.388 e. The first kappa shape index (κ1) is 6.53. The second-order valence-corrected chi connectivity index (χ2v) is 3.86. The first-order valence-corrected chi connectivity index (χ1v) is 4.77. The summed E-state index contributed by atoms with van der Waals surface area (Å²) in [5.41, 5.74) is 3.04. The van der Waals surface area contributed by atoms with Gasteiger partial charge in [-0.25, -0.2) is 0 Å². The molecule has 1 aliphatic heterocycles. The highest BCUT2D eigenvalue weighted by molar-refractivity contribution is 5.41. The Morgan fingerprint density at radius 2 is 2.33 bits per heavy atom. The van der Waals surface area contributed by atoms with Gasteiger partial charge in [0.1, 0.15) is 0 Å². The fraction of sp³-hybridized carbons (Fsp3) is 0.455. The van der Waals surface area contributed by atoms with Gasteiger partial charge in [0.15, 0.2) is 0 Å². The van der Waals surface area contributed by atoms with Crippen molar-refractivity contribution in [2.24, 2.45) is 11.8 Å². The third-order valence-corrected chi connectivity index (χ3v) is 3.23. The number of fused-ring (bicyclic) bond motifs is 3. The molecule has 2 unspecified atom stereocenters. The van der Waals surface area contributed by atoms with Gasteiger partial charge in [-0.15, -0.1) is 0 Å². The lowest BCUT2D eigenvalue weighted by Crippen LogP contribution is -2.10. The molecule has 3 aliphatic rings. The highest BCUT2D eigenvalue weighted by atomic mass is 14.9. The normalized spacial score (nSPS) is 36.7. The van der Waals surface area contributed by atoms with E-state index in [-0.39, 0.29) is 0 Å². The lowest BCUT2D eigenvalue weighted by atomic mass is 9.85. The molecule has 12 heavy (non-hydrogen) atoms. The van der Waals surface area contributed by atoms with Crippen LogP contribution >= 0.6 is 0 Å². The highest BCUT2D eigenvalue weighted by Crippen LogP contribution is 2.42. The number of hydrogen-bond donors (Lipinski definition) is 1. The molecule has 0 aromatic heterocycles. The second kappa shape index (κ2) is 2.25. The van der Waals surface area contributed by atoms with E-state index in [4.69, 9.17) is 0 Å². The van der Waals surface area contributed by atoms with Gasteiger partial charge in [-0.05, 0) is 30.4 Å². The standard InChI is InChI=1S/C11H13N/c1-2-4-9-8(3-1)7-11-10(9)5-6-12-11/h1-3,7,9-10,12H,4-6H2. The maximum atomic E-state index is 3.47. The first-order chi connectivity index (χ1) is 5.95. The van der Waals surface area contributed by atoms with E-state index in [0.29, 0.717) is 0 Å². The average molecular weight is 159 g/mol. The summed E-state index contributed by atoms with van der Waals surface area (Å²) in [7, 11) is 0. The Morgan fingerprint density at radius 3 is 3.33 bits per heavy atom. The van der Waals surface area contributed by atoms with Crippen LogP contribution in [0, 0.1) is 11.8 Å². The topological polar surface area (TPSA) is 12.0 Å². The Morgan fingerprint density at radius 1 is 1.33 bits per heavy atom. The molecule has 1 heterocycles. The van der Waals surface area contributed by atoms with E-state index in [1.165, 1.54) is 25.1 Å². The minimum absolute atomic E-state index is 0.806. The molecule has 2 atom stereocenters. The molecule has 1 N–H and O–H groups in total. The summed E-state index contributed by atoms with van der Waals surface area (Å²) in [6.45, 7) is 1.18. The molecule has 0 saturated carbocycles. The van der Waals surface area contributed by atoms with E-state index in [1.54, 1.807) is 5.57 Å². The summed E-state index contributed by atoms with van der Waals surface area (Å²) in [5, 5.41) is 3.47. The molecule has 0 aromatic carbocycles. The fourth-order valence-corrected chi connectivity index (χ4v) is 2.63. The highest BCUT2D eigenvalue weighted by Gasteiger charge is 2.35. The summed E-state index contributed by atoms with van der Waals surface area (Å²) < 4.78 is 0. The maximum Gasteiger partial charge on any atom is 0.0150 e. The van der Waals surface area contributed by atoms with Crippen LogP contribution in [0.15, 0.2) is 35.6 Å². The molecule has 0 aromatic rings. The van der Waals surface area contributed by atoms with Crippen molar-refractivity contribution in [3.05, 3.63) is 35.6 Å². The Bertz CT molecular complexity index is 296. The Hall–Kier alpha value is -0.980. The first-order valence-electron chi connectivity index (χ1n) is 4.77. The zero-order chi connectivity index (χ0) is 7.97. The number of hydrogen-bond acceptors (Lipinski definition) is 1. The Balaban J connectivity index is 2.02. The molecule has 1 fully saturated rings. The summed E-state index contributed by atoms with van der Waals surface area (Å²) in [6, 6.07) is 0. The molecule has 2 aliphatic carbocycles. The summed E-state index contributed by atoms with van der Waals surface area (Å²) in [5.74, 6) is 1.63. The number of rotatable bonds is 0. The Labute approximate surface area is 72.9 Å². The van der Waals surface area contributed by atoms with Crippen LogP contribution in [0.1, 0.15) is 12.8 Å². The quantitative estimate of drug-likeness (QED) is 0.570. The van der Waals surface area contributed by atoms with Gasteiger partial charge < -0.3 is 5.32 Å². The molecular formula is C11H13N. The van der Waals surface area contributed by atoms with E-state index in [9.17, 15) is 0 Å². The van der Waals surface area contributed by atoms with Crippen molar-refractivity contribution in [1.29, 1.82) is 0 Å². The third kappa shape index (κ3) is 0.739. The van der Waals surface area contributed by atoms with Crippen LogP contribution in [-0.2, 0) is 0 Å². The van der Waals surface area contributed by atoms with Gasteiger partial charge in [-0.2, -0.15) is 0 Å². The van der Waals surface area contributed by atoms with Crippen LogP contribution < -0.4 is 5.32 Å². The van der Waals surface area contributed by atoms with Crippen LogP contribution in [0.2, 0.25) is 0 Å². The molecule has 0 amide bonds. The van der Waals surface area contributed by atoms with Crippen molar-refractivity contribution in [3.8, 4) is 0 Å². The van der Waals surface area contributed by atoms with E-state index in [1.807, 2.05) is 0 Å². The minimum atomic E-state index is 0.806. The SMILES string of the molecule is C1=CCC2C(=C1)C=C1NCCC12. The van der Waals surface area contributed by atoms with Gasteiger partial charge >= 0.3 is 0 Å². The van der Waals surface area contributed by atoms with E-state index in [0.717, 1.165) is 11.8 Å². The smallest absolute Gasteiger partial charge is 0.0150 e. The molecule has 62 valence electrons. The van der Waals surface area contributed by atoms with Crippen LogP contribution in [0.25, 0.3) is 0 Å². The zero-order valence-electron chi connectivity index (χ0n) is 7.09. The largest absolute Gasteiger partial charge is 0.388 e. The van der Waals surface area contributed by atoms with Crippen molar-refractivity contribution in [2.75, 3.05) is 6.54 Å². The zero-order valence-corrected chi connectivity index (χ0v) is 7.09. The molecule has 0 bridgehead atoms. The summed E-state index contributed by atoms with van der Waals surface area (Å²) in [6.07, 6.45) is 11.7. The van der Waals surface area contributed by atoms with Crippen molar-refractivity contribution < 1.29 is 0 Å². The maximum absolute atomic E-state index is 3.47. The van der Waals surface area contributed by atoms with Gasteiger partial charge in [0.05, 0.1) is 0 Å². The lowest BCUT2D eigenvalue weighted by molar-refractivity contribution is 0.474. The predicted octanol–water partition coefficient (Wildman–Crippen LogP) is 2.00. The Kier molecular flexibility index (Phi) is 1.23. The van der Waals surface area contributed by atoms with Crippen molar-refractivity contribution in [1.82, 2.24) is 5.32 Å². The molecule has 3 rings (SSSR count). The van der Waals surface area contributed by atoms with Crippen molar-refractivity contribution >= 4 is 0 Å². The van der Waals surface area contributed by atoms with E-state index in [2.05, 4.69) is 29.6 Å². The molecule has 1 saturated heterocycles. The van der Waals surface area contributed by atoms with Crippen LogP contribution in [0.5, 0.6) is 0 Å². The van der Waals surface area contributed by atoms with Gasteiger partial charge in [0, 0.05) is 18.2 Å². The van der Waals surface area contributed by atoms with E-state index >= 15 is 0 Å². The fourth-order valence-electron chi connectivity index (χ4n) is 2.63. The van der Waals surface area contributed by atoms with Gasteiger partial charge in [0.25, 0.3) is 0 Å². The van der Waals surface area contributed by atoms with E-state index < -0.39 is 0 Å². The van der Waals surface area contributed by atoms with Crippen molar-refractivity contribution in [2.45, 2.75) is 12.8 Å². The van der Waals surface area contributed by atoms with Crippen LogP contribution in [0.3, 0.4) is 0 Å². The van der Waals surface area contributed by atoms with Crippen LogP contribution in [-0.4, -0.2) is 6.54 Å².